The SMILES string of the molecule is COc1ccc(C(=O)NCC2CCNCC2)cc1.O=C(O)C(F)(F)F. The van der Waals surface area contributed by atoms with Gasteiger partial charge in [-0.2, -0.15) is 13.2 Å². The van der Waals surface area contributed by atoms with Crippen molar-refractivity contribution in [3.8, 4) is 5.75 Å². The van der Waals surface area contributed by atoms with Gasteiger partial charge in [-0.05, 0) is 56.1 Å². The summed E-state index contributed by atoms with van der Waals surface area (Å²) in [5.74, 6) is -1.39. The van der Waals surface area contributed by atoms with E-state index in [-0.39, 0.29) is 5.91 Å². The van der Waals surface area contributed by atoms with Crippen LogP contribution >= 0.6 is 0 Å². The van der Waals surface area contributed by atoms with E-state index in [1.165, 1.54) is 0 Å². The number of amides is 1. The van der Waals surface area contributed by atoms with Gasteiger partial charge in [-0.1, -0.05) is 0 Å². The van der Waals surface area contributed by atoms with Crippen molar-refractivity contribution < 1.29 is 32.6 Å². The number of methoxy groups -OCH3 is 1. The van der Waals surface area contributed by atoms with E-state index in [0.29, 0.717) is 11.5 Å². The van der Waals surface area contributed by atoms with Gasteiger partial charge in [0.2, 0.25) is 0 Å². The van der Waals surface area contributed by atoms with Gasteiger partial charge in [0.15, 0.2) is 0 Å². The van der Waals surface area contributed by atoms with Crippen LogP contribution in [0.4, 0.5) is 13.2 Å². The lowest BCUT2D eigenvalue weighted by atomic mass is 9.98. The van der Waals surface area contributed by atoms with E-state index in [1.54, 1.807) is 31.4 Å². The largest absolute Gasteiger partial charge is 0.497 e. The Morgan fingerprint density at radius 2 is 1.76 bits per heavy atom. The quantitative estimate of drug-likeness (QED) is 0.763. The molecule has 140 valence electrons. The number of piperidine rings is 1. The fraction of sp³-hybridized carbons (Fsp3) is 0.500. The smallest absolute Gasteiger partial charge is 0.490 e. The summed E-state index contributed by atoms with van der Waals surface area (Å²) in [6, 6.07) is 7.19. The Bertz CT molecular complexity index is 555. The van der Waals surface area contributed by atoms with Crippen LogP contribution < -0.4 is 15.4 Å². The first kappa shape index (κ1) is 20.8. The van der Waals surface area contributed by atoms with Crippen molar-refractivity contribution in [2.75, 3.05) is 26.7 Å². The van der Waals surface area contributed by atoms with Crippen molar-refractivity contribution in [3.05, 3.63) is 29.8 Å². The first-order chi connectivity index (χ1) is 11.7. The van der Waals surface area contributed by atoms with Crippen LogP contribution in [-0.4, -0.2) is 49.9 Å². The van der Waals surface area contributed by atoms with Gasteiger partial charge < -0.3 is 20.5 Å². The zero-order chi connectivity index (χ0) is 18.9. The lowest BCUT2D eigenvalue weighted by Gasteiger charge is -2.22. The number of nitrogens with one attached hydrogen (secondary N) is 2. The number of carboxylic acids is 1. The average molecular weight is 362 g/mol. The number of aliphatic carboxylic acids is 1. The average Bonchev–Trinajstić information content (AvgIpc) is 2.60. The van der Waals surface area contributed by atoms with E-state index in [2.05, 4.69) is 10.6 Å². The second-order valence-corrected chi connectivity index (χ2v) is 5.43. The van der Waals surface area contributed by atoms with Crippen LogP contribution in [0, 0.1) is 5.92 Å². The van der Waals surface area contributed by atoms with E-state index >= 15 is 0 Å². The van der Waals surface area contributed by atoms with Gasteiger partial charge in [0.1, 0.15) is 5.75 Å². The summed E-state index contributed by atoms with van der Waals surface area (Å²) in [4.78, 5) is 20.8. The Labute approximate surface area is 143 Å². The van der Waals surface area contributed by atoms with Crippen molar-refractivity contribution in [1.82, 2.24) is 10.6 Å². The summed E-state index contributed by atoms with van der Waals surface area (Å²) < 4.78 is 36.8. The van der Waals surface area contributed by atoms with E-state index in [9.17, 15) is 18.0 Å². The Kier molecular flexibility index (Phi) is 8.20. The predicted molar refractivity (Wildman–Crippen MR) is 84.6 cm³/mol. The standard InChI is InChI=1S/C14H20N2O2.C2HF3O2/c1-18-13-4-2-12(3-5-13)14(17)16-10-11-6-8-15-9-7-11;3-2(4,5)1(6)7/h2-5,11,15H,6-10H2,1H3,(H,16,17);(H,6,7). The Morgan fingerprint density at radius 3 is 2.20 bits per heavy atom. The maximum Gasteiger partial charge on any atom is 0.490 e. The molecule has 1 saturated heterocycles. The summed E-state index contributed by atoms with van der Waals surface area (Å²) in [6.45, 7) is 2.89. The number of hydrogen-bond donors (Lipinski definition) is 3. The minimum Gasteiger partial charge on any atom is -0.497 e. The maximum atomic E-state index is 11.9. The predicted octanol–water partition coefficient (Wildman–Crippen LogP) is 2.06. The molecule has 1 fully saturated rings. The molecule has 6 nitrogen and oxygen atoms in total. The number of ether oxygens (including phenoxy) is 1. The molecule has 0 unspecified atom stereocenters. The number of halogens is 3. The van der Waals surface area contributed by atoms with Crippen LogP contribution in [0.25, 0.3) is 0 Å². The molecule has 9 heteroatoms. The third kappa shape index (κ3) is 7.88. The monoisotopic (exact) mass is 362 g/mol. The fourth-order valence-corrected chi connectivity index (χ4v) is 2.17. The minimum absolute atomic E-state index is 0.00353. The fourth-order valence-electron chi connectivity index (χ4n) is 2.17. The van der Waals surface area contributed by atoms with E-state index in [0.717, 1.165) is 38.2 Å². The topological polar surface area (TPSA) is 87.7 Å². The molecular weight excluding hydrogens is 341 g/mol. The molecule has 1 aromatic rings. The third-order valence-electron chi connectivity index (χ3n) is 3.60. The molecule has 0 radical (unpaired) electrons. The molecule has 3 N–H and O–H groups in total. The maximum absolute atomic E-state index is 11.9. The van der Waals surface area contributed by atoms with Crippen molar-refractivity contribution in [2.24, 2.45) is 5.92 Å². The molecule has 1 heterocycles. The number of rotatable bonds is 4. The van der Waals surface area contributed by atoms with Crippen LogP contribution in [0.15, 0.2) is 24.3 Å². The molecular formula is C16H21F3N2O4. The first-order valence-corrected chi connectivity index (χ1v) is 7.67. The van der Waals surface area contributed by atoms with Crippen LogP contribution in [-0.2, 0) is 4.79 Å². The minimum atomic E-state index is -5.08. The van der Waals surface area contributed by atoms with Gasteiger partial charge in [-0.25, -0.2) is 4.79 Å². The molecule has 0 spiro atoms. The molecule has 1 amide bonds. The highest BCUT2D eigenvalue weighted by Gasteiger charge is 2.38. The van der Waals surface area contributed by atoms with Crippen LogP contribution in [0.5, 0.6) is 5.75 Å². The number of carboxylic acid groups (broad SMARTS) is 1. The second-order valence-electron chi connectivity index (χ2n) is 5.43. The molecule has 0 atom stereocenters. The highest BCUT2D eigenvalue weighted by molar-refractivity contribution is 5.94. The molecule has 0 aromatic heterocycles. The van der Waals surface area contributed by atoms with E-state index < -0.39 is 12.1 Å². The van der Waals surface area contributed by atoms with E-state index in [1.807, 2.05) is 0 Å². The number of hydrogen-bond acceptors (Lipinski definition) is 4. The number of benzene rings is 1. The van der Waals surface area contributed by atoms with E-state index in [4.69, 9.17) is 14.6 Å². The van der Waals surface area contributed by atoms with Crippen molar-refractivity contribution in [3.63, 3.8) is 0 Å². The molecule has 0 saturated carbocycles. The van der Waals surface area contributed by atoms with Gasteiger partial charge >= 0.3 is 12.1 Å². The zero-order valence-electron chi connectivity index (χ0n) is 13.7. The Hall–Kier alpha value is -2.29. The van der Waals surface area contributed by atoms with Gasteiger partial charge in [0, 0.05) is 12.1 Å². The summed E-state index contributed by atoms with van der Waals surface area (Å²) in [7, 11) is 1.62. The highest BCUT2D eigenvalue weighted by Crippen LogP contribution is 2.13. The van der Waals surface area contributed by atoms with Gasteiger partial charge in [0.25, 0.3) is 5.91 Å². The van der Waals surface area contributed by atoms with Crippen molar-refractivity contribution in [1.29, 1.82) is 0 Å². The molecule has 0 bridgehead atoms. The summed E-state index contributed by atoms with van der Waals surface area (Å²) in [6.07, 6.45) is -2.80. The number of carbonyl (C=O) groups excluding carboxylic acids is 1. The lowest BCUT2D eigenvalue weighted by Crippen LogP contribution is -2.35. The normalized spacial score (nSPS) is 14.9. The molecule has 1 aliphatic heterocycles. The zero-order valence-corrected chi connectivity index (χ0v) is 13.7. The van der Waals surface area contributed by atoms with Crippen LogP contribution in [0.1, 0.15) is 23.2 Å². The number of alkyl halides is 3. The van der Waals surface area contributed by atoms with Gasteiger partial charge in [-0.3, -0.25) is 4.79 Å². The third-order valence-corrected chi connectivity index (χ3v) is 3.60. The number of carbonyl (C=O) groups is 2. The molecule has 0 aliphatic carbocycles. The summed E-state index contributed by atoms with van der Waals surface area (Å²) in [5, 5.41) is 13.4. The van der Waals surface area contributed by atoms with Crippen LogP contribution in [0.2, 0.25) is 0 Å². The molecule has 25 heavy (non-hydrogen) atoms. The Balaban J connectivity index is 0.000000381. The van der Waals surface area contributed by atoms with Crippen molar-refractivity contribution >= 4 is 11.9 Å². The second kappa shape index (κ2) is 9.87. The first-order valence-electron chi connectivity index (χ1n) is 7.67. The molecule has 1 aliphatic rings. The van der Waals surface area contributed by atoms with Crippen LogP contribution in [0.3, 0.4) is 0 Å². The highest BCUT2D eigenvalue weighted by atomic mass is 19.4. The van der Waals surface area contributed by atoms with Gasteiger partial charge in [-0.15, -0.1) is 0 Å². The Morgan fingerprint density at radius 1 is 1.24 bits per heavy atom. The summed E-state index contributed by atoms with van der Waals surface area (Å²) >= 11 is 0. The van der Waals surface area contributed by atoms with Crippen molar-refractivity contribution in [2.45, 2.75) is 19.0 Å². The van der Waals surface area contributed by atoms with Gasteiger partial charge in [0.05, 0.1) is 7.11 Å². The summed E-state index contributed by atoms with van der Waals surface area (Å²) in [5.41, 5.74) is 0.685. The lowest BCUT2D eigenvalue weighted by molar-refractivity contribution is -0.192. The molecule has 1 aromatic carbocycles. The molecule has 2 rings (SSSR count).